The van der Waals surface area contributed by atoms with Crippen LogP contribution in [-0.4, -0.2) is 31.1 Å². The number of carbonyl (C=O) groups excluding carboxylic acids is 1. The average molecular weight is 493 g/mol. The van der Waals surface area contributed by atoms with Crippen LogP contribution in [0.3, 0.4) is 0 Å². The normalized spacial score (nSPS) is 11.1. The third-order valence-corrected chi connectivity index (χ3v) is 7.48. The SMILES string of the molecule is CCCCc1ccc(-n2nnnc2SCc2csc(N(C(C)=O)c3cccc(C)c3C)n2)cc1. The number of benzene rings is 2. The largest absolute Gasteiger partial charge is 0.274 e. The molecule has 0 aliphatic heterocycles. The van der Waals surface area contributed by atoms with Crippen molar-refractivity contribution in [2.24, 2.45) is 0 Å². The summed E-state index contributed by atoms with van der Waals surface area (Å²) in [6.07, 6.45) is 3.45. The molecule has 2 aromatic carbocycles. The standard InChI is InChI=1S/C25H28N6OS2/c1-5-6-9-20-11-13-22(14-12-20)31-25(27-28-29-31)34-16-21-15-33-24(26-21)30(19(4)32)23-10-7-8-17(2)18(23)3/h7-8,10-15H,5-6,9,16H2,1-4H3. The first kappa shape index (κ1) is 24.1. The lowest BCUT2D eigenvalue weighted by Gasteiger charge is -2.21. The number of tetrazole rings is 1. The quantitative estimate of drug-likeness (QED) is 0.265. The van der Waals surface area contributed by atoms with Gasteiger partial charge in [-0.2, -0.15) is 4.68 Å². The highest BCUT2D eigenvalue weighted by Gasteiger charge is 2.20. The van der Waals surface area contributed by atoms with Gasteiger partial charge in [0.25, 0.3) is 0 Å². The van der Waals surface area contributed by atoms with Gasteiger partial charge in [-0.3, -0.25) is 9.69 Å². The van der Waals surface area contributed by atoms with Crippen LogP contribution in [0.15, 0.2) is 53.0 Å². The summed E-state index contributed by atoms with van der Waals surface area (Å²) >= 11 is 2.99. The minimum absolute atomic E-state index is 0.0615. The van der Waals surface area contributed by atoms with E-state index >= 15 is 0 Å². The molecule has 0 radical (unpaired) electrons. The summed E-state index contributed by atoms with van der Waals surface area (Å²) in [5, 5.41) is 15.6. The Morgan fingerprint density at radius 1 is 1.15 bits per heavy atom. The minimum atomic E-state index is -0.0615. The Balaban J connectivity index is 1.48. The topological polar surface area (TPSA) is 76.8 Å². The first-order valence-electron chi connectivity index (χ1n) is 11.3. The number of aryl methyl sites for hydroxylation is 2. The number of hydrogen-bond donors (Lipinski definition) is 0. The molecule has 0 bridgehead atoms. The van der Waals surface area contributed by atoms with Gasteiger partial charge in [0.2, 0.25) is 11.1 Å². The number of anilines is 2. The third-order valence-electron chi connectivity index (χ3n) is 5.65. The predicted octanol–water partition coefficient (Wildman–Crippen LogP) is 6.06. The van der Waals surface area contributed by atoms with Gasteiger partial charge in [-0.15, -0.1) is 16.4 Å². The molecule has 0 fully saturated rings. The van der Waals surface area contributed by atoms with Crippen molar-refractivity contribution < 1.29 is 4.79 Å². The summed E-state index contributed by atoms with van der Waals surface area (Å²) in [7, 11) is 0. The number of carbonyl (C=O) groups is 1. The van der Waals surface area contributed by atoms with Gasteiger partial charge in [-0.25, -0.2) is 4.98 Å². The summed E-state index contributed by atoms with van der Waals surface area (Å²) in [4.78, 5) is 18.9. The summed E-state index contributed by atoms with van der Waals surface area (Å²) < 4.78 is 1.75. The zero-order valence-corrected chi connectivity index (χ0v) is 21.5. The van der Waals surface area contributed by atoms with E-state index in [9.17, 15) is 4.79 Å². The maximum Gasteiger partial charge on any atom is 0.230 e. The fourth-order valence-corrected chi connectivity index (χ4v) is 5.37. The monoisotopic (exact) mass is 492 g/mol. The molecular formula is C25H28N6OS2. The van der Waals surface area contributed by atoms with Gasteiger partial charge in [-0.1, -0.05) is 49.4 Å². The van der Waals surface area contributed by atoms with Gasteiger partial charge < -0.3 is 0 Å². The Hall–Kier alpha value is -3.04. The van der Waals surface area contributed by atoms with Crippen molar-refractivity contribution in [1.29, 1.82) is 0 Å². The van der Waals surface area contributed by atoms with E-state index in [1.54, 1.807) is 16.5 Å². The zero-order valence-electron chi connectivity index (χ0n) is 19.9. The molecule has 0 aliphatic carbocycles. The molecule has 4 aromatic rings. The lowest BCUT2D eigenvalue weighted by atomic mass is 10.1. The molecule has 4 rings (SSSR count). The number of unbranched alkanes of at least 4 members (excludes halogenated alkanes) is 1. The van der Waals surface area contributed by atoms with Crippen LogP contribution in [0.1, 0.15) is 49.1 Å². The van der Waals surface area contributed by atoms with E-state index < -0.39 is 0 Å². The van der Waals surface area contributed by atoms with Crippen molar-refractivity contribution in [3.8, 4) is 5.69 Å². The lowest BCUT2D eigenvalue weighted by molar-refractivity contribution is -0.115. The first-order valence-corrected chi connectivity index (χ1v) is 13.2. The van der Waals surface area contributed by atoms with Crippen LogP contribution >= 0.6 is 23.1 Å². The molecule has 0 N–H and O–H groups in total. The fourth-order valence-electron chi connectivity index (χ4n) is 3.60. The van der Waals surface area contributed by atoms with Gasteiger partial charge in [0, 0.05) is 18.1 Å². The van der Waals surface area contributed by atoms with Crippen LogP contribution in [-0.2, 0) is 17.0 Å². The van der Waals surface area contributed by atoms with E-state index in [-0.39, 0.29) is 5.91 Å². The smallest absolute Gasteiger partial charge is 0.230 e. The minimum Gasteiger partial charge on any atom is -0.274 e. The van der Waals surface area contributed by atoms with Crippen LogP contribution < -0.4 is 4.90 Å². The number of rotatable bonds is 9. The van der Waals surface area contributed by atoms with E-state index in [2.05, 4.69) is 46.7 Å². The molecule has 34 heavy (non-hydrogen) atoms. The summed E-state index contributed by atoms with van der Waals surface area (Å²) in [5.41, 5.74) is 6.22. The number of thiazole rings is 1. The Labute approximate surface area is 208 Å². The summed E-state index contributed by atoms with van der Waals surface area (Å²) in [6, 6.07) is 14.4. The van der Waals surface area contributed by atoms with Crippen molar-refractivity contribution in [2.45, 2.75) is 57.9 Å². The molecule has 0 atom stereocenters. The predicted molar refractivity (Wildman–Crippen MR) is 138 cm³/mol. The third kappa shape index (κ3) is 5.37. The van der Waals surface area contributed by atoms with Crippen LogP contribution in [0.2, 0.25) is 0 Å². The molecule has 0 aliphatic rings. The Bertz CT molecular complexity index is 1260. The lowest BCUT2D eigenvalue weighted by Crippen LogP contribution is -2.23. The van der Waals surface area contributed by atoms with Crippen molar-refractivity contribution >= 4 is 39.8 Å². The maximum atomic E-state index is 12.5. The zero-order chi connectivity index (χ0) is 24.1. The number of aromatic nitrogens is 5. The van der Waals surface area contributed by atoms with Gasteiger partial charge >= 0.3 is 0 Å². The molecule has 0 saturated heterocycles. The molecule has 7 nitrogen and oxygen atoms in total. The van der Waals surface area contributed by atoms with Crippen molar-refractivity contribution in [3.05, 3.63) is 70.2 Å². The molecule has 1 amide bonds. The van der Waals surface area contributed by atoms with Crippen LogP contribution in [0.25, 0.3) is 5.69 Å². The van der Waals surface area contributed by atoms with Gasteiger partial charge in [0.05, 0.1) is 17.1 Å². The molecule has 0 unspecified atom stereocenters. The number of thioether (sulfide) groups is 1. The molecule has 9 heteroatoms. The molecule has 0 saturated carbocycles. The number of nitrogens with zero attached hydrogens (tertiary/aromatic N) is 6. The van der Waals surface area contributed by atoms with Crippen molar-refractivity contribution in [3.63, 3.8) is 0 Å². The van der Waals surface area contributed by atoms with E-state index in [1.165, 1.54) is 41.5 Å². The highest BCUT2D eigenvalue weighted by atomic mass is 32.2. The van der Waals surface area contributed by atoms with E-state index in [4.69, 9.17) is 4.98 Å². The Morgan fingerprint density at radius 2 is 1.94 bits per heavy atom. The van der Waals surface area contributed by atoms with Gasteiger partial charge in [-0.05, 0) is 72.0 Å². The van der Waals surface area contributed by atoms with Crippen LogP contribution in [0.5, 0.6) is 0 Å². The maximum absolute atomic E-state index is 12.5. The average Bonchev–Trinajstić information content (AvgIpc) is 3.49. The van der Waals surface area contributed by atoms with Crippen molar-refractivity contribution in [2.75, 3.05) is 4.90 Å². The number of hydrogen-bond acceptors (Lipinski definition) is 7. The summed E-state index contributed by atoms with van der Waals surface area (Å²) in [6.45, 7) is 7.84. The second kappa shape index (κ2) is 10.9. The van der Waals surface area contributed by atoms with Gasteiger partial charge in [0.15, 0.2) is 5.13 Å². The summed E-state index contributed by atoms with van der Waals surface area (Å²) in [5.74, 6) is 0.540. The first-order chi connectivity index (χ1) is 16.5. The Morgan fingerprint density at radius 3 is 2.68 bits per heavy atom. The second-order valence-corrected chi connectivity index (χ2v) is 9.91. The molecule has 0 spiro atoms. The van der Waals surface area contributed by atoms with Gasteiger partial charge in [0.1, 0.15) is 0 Å². The van der Waals surface area contributed by atoms with Crippen molar-refractivity contribution in [1.82, 2.24) is 25.2 Å². The highest BCUT2D eigenvalue weighted by Crippen LogP contribution is 2.33. The van der Waals surface area contributed by atoms with E-state index in [0.29, 0.717) is 16.0 Å². The van der Waals surface area contributed by atoms with E-state index in [1.807, 2.05) is 37.4 Å². The highest BCUT2D eigenvalue weighted by molar-refractivity contribution is 7.98. The molecule has 176 valence electrons. The fraction of sp³-hybridized carbons (Fsp3) is 0.320. The Kier molecular flexibility index (Phi) is 7.74. The van der Waals surface area contributed by atoms with Crippen LogP contribution in [0.4, 0.5) is 10.8 Å². The van der Waals surface area contributed by atoms with E-state index in [0.717, 1.165) is 34.6 Å². The molecule has 2 heterocycles. The molecule has 2 aromatic heterocycles. The number of amides is 1. The molecular weight excluding hydrogens is 464 g/mol. The second-order valence-electron chi connectivity index (χ2n) is 8.13. The van der Waals surface area contributed by atoms with Crippen LogP contribution in [0, 0.1) is 13.8 Å².